The third-order valence-electron chi connectivity index (χ3n) is 6.54. The molecular formula is C26H40N4O3. The van der Waals surface area contributed by atoms with Gasteiger partial charge in [0, 0.05) is 64.3 Å². The number of carbonyl (C=O) groups is 3. The molecule has 2 heterocycles. The average Bonchev–Trinajstić information content (AvgIpc) is 2.75. The fourth-order valence-corrected chi connectivity index (χ4v) is 4.79. The first-order valence-corrected chi connectivity index (χ1v) is 12.3. The summed E-state index contributed by atoms with van der Waals surface area (Å²) >= 11 is 0. The van der Waals surface area contributed by atoms with E-state index in [0.717, 1.165) is 37.3 Å². The highest BCUT2D eigenvalue weighted by Crippen LogP contribution is 2.26. The van der Waals surface area contributed by atoms with E-state index in [1.807, 2.05) is 47.9 Å². The summed E-state index contributed by atoms with van der Waals surface area (Å²) in [4.78, 5) is 46.3. The van der Waals surface area contributed by atoms with E-state index in [9.17, 15) is 14.4 Å². The molecule has 0 saturated carbocycles. The molecule has 1 aromatic carbocycles. The molecule has 33 heavy (non-hydrogen) atoms. The summed E-state index contributed by atoms with van der Waals surface area (Å²) < 4.78 is 0. The first-order valence-electron chi connectivity index (χ1n) is 12.3. The number of rotatable bonds is 4. The maximum atomic E-state index is 13.5. The summed E-state index contributed by atoms with van der Waals surface area (Å²) in [6.07, 6.45) is 0.892. The molecule has 0 atom stereocenters. The van der Waals surface area contributed by atoms with Gasteiger partial charge in [-0.15, -0.1) is 0 Å². The van der Waals surface area contributed by atoms with Crippen LogP contribution in [0.15, 0.2) is 24.3 Å². The van der Waals surface area contributed by atoms with Crippen LogP contribution in [0.4, 0.5) is 5.69 Å². The summed E-state index contributed by atoms with van der Waals surface area (Å²) in [5, 5.41) is 0. The van der Waals surface area contributed by atoms with Gasteiger partial charge in [-0.05, 0) is 30.5 Å². The van der Waals surface area contributed by atoms with Crippen LogP contribution in [0.1, 0.15) is 46.6 Å². The molecule has 7 heteroatoms. The van der Waals surface area contributed by atoms with Gasteiger partial charge in [-0.1, -0.05) is 45.9 Å². The van der Waals surface area contributed by atoms with Gasteiger partial charge < -0.3 is 19.6 Å². The molecule has 0 spiro atoms. The minimum atomic E-state index is -0.146. The van der Waals surface area contributed by atoms with Crippen LogP contribution < -0.4 is 4.90 Å². The Balaban J connectivity index is 1.83. The molecule has 0 unspecified atom stereocenters. The SMILES string of the molecule is CC(=O)N1CCCN(CC(C)C)CCN(C(=O)C2CN(C(=O)C(C)C)C2)Cc2ccccc21. The summed E-state index contributed by atoms with van der Waals surface area (Å²) in [5.74, 6) is 0.581. The van der Waals surface area contributed by atoms with Crippen LogP contribution in [0.25, 0.3) is 0 Å². The lowest BCUT2D eigenvalue weighted by Gasteiger charge is -2.42. The lowest BCUT2D eigenvalue weighted by molar-refractivity contribution is -0.150. The van der Waals surface area contributed by atoms with E-state index in [0.29, 0.717) is 38.6 Å². The first kappa shape index (κ1) is 25.2. The smallest absolute Gasteiger partial charge is 0.229 e. The van der Waals surface area contributed by atoms with Crippen molar-refractivity contribution in [2.45, 2.75) is 47.6 Å². The first-order chi connectivity index (χ1) is 15.7. The highest BCUT2D eigenvalue weighted by molar-refractivity contribution is 5.92. The zero-order valence-corrected chi connectivity index (χ0v) is 20.9. The van der Waals surface area contributed by atoms with E-state index >= 15 is 0 Å². The van der Waals surface area contributed by atoms with Crippen molar-refractivity contribution in [1.29, 1.82) is 0 Å². The minimum Gasteiger partial charge on any atom is -0.341 e. The molecule has 3 amide bonds. The third-order valence-corrected chi connectivity index (χ3v) is 6.54. The Labute approximate surface area is 198 Å². The standard InChI is InChI=1S/C26H40N4O3/c1-19(2)15-27-11-8-12-30(21(5)31)24-10-7-6-9-22(24)16-28(14-13-27)26(33)23-17-29(18-23)25(32)20(3)4/h6-7,9-10,19-20,23H,8,11-18H2,1-5H3. The van der Waals surface area contributed by atoms with Gasteiger partial charge in [0.15, 0.2) is 0 Å². The Morgan fingerprint density at radius 2 is 1.64 bits per heavy atom. The van der Waals surface area contributed by atoms with Crippen LogP contribution in [0.5, 0.6) is 0 Å². The molecule has 0 N–H and O–H groups in total. The summed E-state index contributed by atoms with van der Waals surface area (Å²) in [7, 11) is 0. The van der Waals surface area contributed by atoms with Crippen LogP contribution in [0.3, 0.4) is 0 Å². The Morgan fingerprint density at radius 1 is 0.939 bits per heavy atom. The van der Waals surface area contributed by atoms with Crippen molar-refractivity contribution in [3.63, 3.8) is 0 Å². The van der Waals surface area contributed by atoms with Crippen LogP contribution >= 0.6 is 0 Å². The normalized spacial score (nSPS) is 18.7. The number of hydrogen-bond acceptors (Lipinski definition) is 4. The minimum absolute atomic E-state index is 0.0248. The molecule has 182 valence electrons. The fourth-order valence-electron chi connectivity index (χ4n) is 4.79. The Hall–Kier alpha value is -2.41. The van der Waals surface area contributed by atoms with Crippen molar-refractivity contribution in [2.24, 2.45) is 17.8 Å². The van der Waals surface area contributed by atoms with Crippen LogP contribution in [0, 0.1) is 17.8 Å². The van der Waals surface area contributed by atoms with Gasteiger partial charge in [-0.2, -0.15) is 0 Å². The van der Waals surface area contributed by atoms with Crippen molar-refractivity contribution >= 4 is 23.4 Å². The van der Waals surface area contributed by atoms with E-state index in [4.69, 9.17) is 0 Å². The number of likely N-dealkylation sites (tertiary alicyclic amines) is 1. The number of para-hydroxylation sites is 1. The quantitative estimate of drug-likeness (QED) is 0.699. The second kappa shape index (κ2) is 11.1. The molecule has 7 nitrogen and oxygen atoms in total. The molecule has 0 bridgehead atoms. The Bertz CT molecular complexity index is 848. The van der Waals surface area contributed by atoms with Crippen molar-refractivity contribution in [3.8, 4) is 0 Å². The highest BCUT2D eigenvalue weighted by atomic mass is 16.2. The molecule has 2 aliphatic heterocycles. The molecule has 1 aromatic rings. The number of carbonyl (C=O) groups excluding carboxylic acids is 3. The van der Waals surface area contributed by atoms with Crippen molar-refractivity contribution in [1.82, 2.24) is 14.7 Å². The Morgan fingerprint density at radius 3 is 2.27 bits per heavy atom. The highest BCUT2D eigenvalue weighted by Gasteiger charge is 2.38. The molecule has 1 saturated heterocycles. The Kier molecular flexibility index (Phi) is 8.51. The van der Waals surface area contributed by atoms with E-state index in [-0.39, 0.29) is 29.6 Å². The maximum Gasteiger partial charge on any atom is 0.229 e. The zero-order valence-electron chi connectivity index (χ0n) is 20.9. The van der Waals surface area contributed by atoms with E-state index in [2.05, 4.69) is 18.7 Å². The number of amides is 3. The molecule has 2 aliphatic rings. The van der Waals surface area contributed by atoms with E-state index in [1.54, 1.807) is 11.8 Å². The summed E-state index contributed by atoms with van der Waals surface area (Å²) in [6, 6.07) is 7.92. The number of fused-ring (bicyclic) bond motifs is 1. The number of benzene rings is 1. The van der Waals surface area contributed by atoms with Gasteiger partial charge in [0.25, 0.3) is 0 Å². The van der Waals surface area contributed by atoms with Gasteiger partial charge in [0.2, 0.25) is 17.7 Å². The summed E-state index contributed by atoms with van der Waals surface area (Å²) in [6.45, 7) is 15.3. The monoisotopic (exact) mass is 456 g/mol. The second-order valence-corrected chi connectivity index (χ2v) is 10.2. The lowest BCUT2D eigenvalue weighted by Crippen LogP contribution is -2.57. The van der Waals surface area contributed by atoms with Gasteiger partial charge in [0.1, 0.15) is 0 Å². The third kappa shape index (κ3) is 6.34. The topological polar surface area (TPSA) is 64.2 Å². The largest absolute Gasteiger partial charge is 0.341 e. The maximum absolute atomic E-state index is 13.5. The van der Waals surface area contributed by atoms with E-state index < -0.39 is 0 Å². The van der Waals surface area contributed by atoms with Crippen molar-refractivity contribution in [2.75, 3.05) is 50.7 Å². The molecule has 0 aliphatic carbocycles. The predicted octanol–water partition coefficient (Wildman–Crippen LogP) is 2.84. The van der Waals surface area contributed by atoms with Crippen LogP contribution in [-0.4, -0.2) is 78.2 Å². The second-order valence-electron chi connectivity index (χ2n) is 10.2. The molecule has 1 fully saturated rings. The molecule has 0 aromatic heterocycles. The van der Waals surface area contributed by atoms with Gasteiger partial charge in [-0.3, -0.25) is 14.4 Å². The number of nitrogens with zero attached hydrogens (tertiary/aromatic N) is 4. The number of hydrogen-bond donors (Lipinski definition) is 0. The van der Waals surface area contributed by atoms with Gasteiger partial charge >= 0.3 is 0 Å². The molecule has 0 radical (unpaired) electrons. The van der Waals surface area contributed by atoms with Crippen molar-refractivity contribution in [3.05, 3.63) is 29.8 Å². The average molecular weight is 457 g/mol. The van der Waals surface area contributed by atoms with Crippen LogP contribution in [0.2, 0.25) is 0 Å². The molecule has 3 rings (SSSR count). The number of anilines is 1. The lowest BCUT2D eigenvalue weighted by atomic mass is 9.96. The summed E-state index contributed by atoms with van der Waals surface area (Å²) in [5.41, 5.74) is 1.89. The van der Waals surface area contributed by atoms with E-state index in [1.165, 1.54) is 0 Å². The van der Waals surface area contributed by atoms with Crippen LogP contribution in [-0.2, 0) is 20.9 Å². The fraction of sp³-hybridized carbons (Fsp3) is 0.654. The van der Waals surface area contributed by atoms with Crippen molar-refractivity contribution < 1.29 is 14.4 Å². The van der Waals surface area contributed by atoms with Gasteiger partial charge in [0.05, 0.1) is 5.92 Å². The zero-order chi connectivity index (χ0) is 24.1. The predicted molar refractivity (Wildman–Crippen MR) is 131 cm³/mol. The molecular weight excluding hydrogens is 416 g/mol. The van der Waals surface area contributed by atoms with Gasteiger partial charge in [-0.25, -0.2) is 0 Å².